The first-order valence-electron chi connectivity index (χ1n) is 9.86. The lowest BCUT2D eigenvalue weighted by Gasteiger charge is -1.97. The molecule has 4 aromatic rings. The lowest BCUT2D eigenvalue weighted by atomic mass is 10.1. The molecule has 8 bridgehead atoms. The van der Waals surface area contributed by atoms with Crippen LogP contribution in [0, 0.1) is 0 Å². The smallest absolute Gasteiger partial charge is 0.340 e. The third-order valence-corrected chi connectivity index (χ3v) is 5.44. The van der Waals surface area contributed by atoms with Crippen molar-refractivity contribution in [3.8, 4) is 0 Å². The van der Waals surface area contributed by atoms with Crippen molar-refractivity contribution >= 4 is 63.1 Å². The Kier molecular flexibility index (Phi) is 3.67. The van der Waals surface area contributed by atoms with Crippen LogP contribution in [0.5, 0.6) is 0 Å². The van der Waals surface area contributed by atoms with Gasteiger partial charge >= 0.3 is 5.97 Å². The van der Waals surface area contributed by atoms with Crippen LogP contribution < -0.4 is 0 Å². The first kappa shape index (κ1) is 17.4. The third kappa shape index (κ3) is 2.93. The van der Waals surface area contributed by atoms with Crippen LogP contribution in [-0.4, -0.2) is 31.0 Å². The van der Waals surface area contributed by atoms with Crippen molar-refractivity contribution in [2.45, 2.75) is 0 Å². The summed E-state index contributed by atoms with van der Waals surface area (Å²) < 4.78 is 0. The molecule has 0 aliphatic carbocycles. The van der Waals surface area contributed by atoms with Crippen LogP contribution in [-0.2, 0) is 0 Å². The quantitative estimate of drug-likeness (QED) is 0.337. The Morgan fingerprint density at radius 3 is 2.13 bits per heavy atom. The van der Waals surface area contributed by atoms with Crippen molar-refractivity contribution in [2.24, 2.45) is 0 Å². The van der Waals surface area contributed by atoms with Gasteiger partial charge in [-0.2, -0.15) is 0 Å². The molecule has 1 aromatic carbocycles. The molecule has 31 heavy (non-hydrogen) atoms. The van der Waals surface area contributed by atoms with E-state index in [2.05, 4.69) is 19.9 Å². The molecular formula is C25H16N4O2. The zero-order valence-corrected chi connectivity index (χ0v) is 16.3. The highest BCUT2D eigenvalue weighted by Gasteiger charge is 2.17. The Labute approximate surface area is 176 Å². The first-order chi connectivity index (χ1) is 15.1. The van der Waals surface area contributed by atoms with E-state index < -0.39 is 5.97 Å². The fourth-order valence-corrected chi connectivity index (χ4v) is 4.08. The van der Waals surface area contributed by atoms with Gasteiger partial charge in [-0.05, 0) is 54.6 Å². The van der Waals surface area contributed by atoms with E-state index in [0.29, 0.717) is 16.9 Å². The number of aromatic amines is 2. The van der Waals surface area contributed by atoms with Crippen LogP contribution in [0.15, 0.2) is 54.6 Å². The predicted molar refractivity (Wildman–Crippen MR) is 123 cm³/mol. The SMILES string of the molecule is O=C(O)c1c2nc(cc3ccc(cc4nc(cc5[nH]c1c1ccccc51)C=C4)[nH]3)C=C2. The molecule has 3 N–H and O–H groups in total. The maximum atomic E-state index is 12.3. The minimum Gasteiger partial charge on any atom is -0.478 e. The van der Waals surface area contributed by atoms with Gasteiger partial charge in [0.15, 0.2) is 0 Å². The number of H-pyrrole nitrogens is 2. The monoisotopic (exact) mass is 404 g/mol. The molecule has 0 amide bonds. The summed E-state index contributed by atoms with van der Waals surface area (Å²) in [5.41, 5.74) is 6.02. The number of nitrogens with zero attached hydrogens (tertiary/aromatic N) is 2. The number of aromatic nitrogens is 4. The highest BCUT2D eigenvalue weighted by molar-refractivity contribution is 6.14. The van der Waals surface area contributed by atoms with Crippen molar-refractivity contribution in [3.05, 3.63) is 82.9 Å². The van der Waals surface area contributed by atoms with Crippen LogP contribution in [0.25, 0.3) is 57.1 Å². The van der Waals surface area contributed by atoms with Gasteiger partial charge in [0.2, 0.25) is 0 Å². The molecule has 6 heteroatoms. The molecule has 6 rings (SSSR count). The number of hydrogen-bond donors (Lipinski definition) is 3. The minimum absolute atomic E-state index is 0.138. The van der Waals surface area contributed by atoms with E-state index in [1.54, 1.807) is 6.08 Å². The number of fused-ring (bicyclic) bond motifs is 11. The highest BCUT2D eigenvalue weighted by Crippen LogP contribution is 2.29. The largest absolute Gasteiger partial charge is 0.478 e. The van der Waals surface area contributed by atoms with Crippen molar-refractivity contribution in [2.75, 3.05) is 0 Å². The number of carboxylic acid groups (broad SMARTS) is 1. The number of rotatable bonds is 1. The topological polar surface area (TPSA) is 94.7 Å². The molecule has 2 aliphatic heterocycles. The molecule has 6 nitrogen and oxygen atoms in total. The summed E-state index contributed by atoms with van der Waals surface area (Å²) in [5, 5.41) is 11.8. The average molecular weight is 404 g/mol. The second-order valence-corrected chi connectivity index (χ2v) is 7.49. The number of carbonyl (C=O) groups is 1. The Morgan fingerprint density at radius 1 is 0.742 bits per heavy atom. The van der Waals surface area contributed by atoms with E-state index in [0.717, 1.165) is 38.7 Å². The molecule has 0 atom stereocenters. The summed E-state index contributed by atoms with van der Waals surface area (Å²) in [5.74, 6) is -1.03. The molecule has 3 aromatic heterocycles. The zero-order chi connectivity index (χ0) is 20.9. The van der Waals surface area contributed by atoms with E-state index >= 15 is 0 Å². The number of nitrogens with one attached hydrogen (secondary N) is 2. The number of carboxylic acids is 1. The fraction of sp³-hybridized carbons (Fsp3) is 0. The van der Waals surface area contributed by atoms with Crippen molar-refractivity contribution < 1.29 is 9.90 Å². The van der Waals surface area contributed by atoms with E-state index in [9.17, 15) is 9.90 Å². The lowest BCUT2D eigenvalue weighted by Crippen LogP contribution is -2.00. The van der Waals surface area contributed by atoms with Gasteiger partial charge in [-0.25, -0.2) is 14.8 Å². The number of aromatic carboxylic acids is 1. The summed E-state index contributed by atoms with van der Waals surface area (Å²) in [6, 6.07) is 17.5. The molecule has 0 radical (unpaired) electrons. The van der Waals surface area contributed by atoms with E-state index in [4.69, 9.17) is 0 Å². The molecule has 0 spiro atoms. The fourth-order valence-electron chi connectivity index (χ4n) is 4.08. The van der Waals surface area contributed by atoms with Crippen LogP contribution in [0.3, 0.4) is 0 Å². The molecule has 0 saturated carbocycles. The van der Waals surface area contributed by atoms with Gasteiger partial charge in [0, 0.05) is 27.3 Å². The van der Waals surface area contributed by atoms with E-state index in [-0.39, 0.29) is 5.56 Å². The van der Waals surface area contributed by atoms with Crippen LogP contribution in [0.1, 0.15) is 33.1 Å². The predicted octanol–water partition coefficient (Wildman–Crippen LogP) is 5.51. The minimum atomic E-state index is -1.03. The molecule has 5 heterocycles. The van der Waals surface area contributed by atoms with E-state index in [1.165, 1.54) is 0 Å². The molecule has 0 saturated heterocycles. The van der Waals surface area contributed by atoms with E-state index in [1.807, 2.05) is 72.8 Å². The maximum absolute atomic E-state index is 12.3. The Balaban J connectivity index is 1.84. The lowest BCUT2D eigenvalue weighted by molar-refractivity contribution is 0.0698. The first-order valence-corrected chi connectivity index (χ1v) is 9.86. The van der Waals surface area contributed by atoms with Crippen molar-refractivity contribution in [3.63, 3.8) is 0 Å². The van der Waals surface area contributed by atoms with Crippen molar-refractivity contribution in [1.29, 1.82) is 0 Å². The van der Waals surface area contributed by atoms with Gasteiger partial charge in [-0.15, -0.1) is 0 Å². The van der Waals surface area contributed by atoms with Gasteiger partial charge in [0.1, 0.15) is 5.56 Å². The Morgan fingerprint density at radius 2 is 1.39 bits per heavy atom. The van der Waals surface area contributed by atoms with Crippen LogP contribution >= 0.6 is 0 Å². The molecule has 0 fully saturated rings. The van der Waals surface area contributed by atoms with Gasteiger partial charge < -0.3 is 15.1 Å². The van der Waals surface area contributed by atoms with Crippen LogP contribution in [0.4, 0.5) is 0 Å². The summed E-state index contributed by atoms with van der Waals surface area (Å²) in [6.45, 7) is 0. The van der Waals surface area contributed by atoms with Crippen LogP contribution in [0.2, 0.25) is 0 Å². The normalized spacial score (nSPS) is 12.5. The summed E-state index contributed by atoms with van der Waals surface area (Å²) in [4.78, 5) is 28.2. The zero-order valence-electron chi connectivity index (χ0n) is 16.3. The third-order valence-electron chi connectivity index (χ3n) is 5.44. The Hall–Kier alpha value is -4.45. The molecule has 2 aliphatic rings. The maximum Gasteiger partial charge on any atom is 0.340 e. The van der Waals surface area contributed by atoms with Gasteiger partial charge in [0.25, 0.3) is 0 Å². The standard InChI is InChI=1S/C25H16N4O2/c30-25(31)23-21-10-9-17(28-21)12-16-6-5-14(26-16)11-15-7-8-18(27-15)13-22-19-3-1-2-4-20(19)24(23)29-22/h1-13,26,29H,(H,30,31). The summed E-state index contributed by atoms with van der Waals surface area (Å²) in [7, 11) is 0. The second-order valence-electron chi connectivity index (χ2n) is 7.49. The molecule has 148 valence electrons. The number of benzene rings is 1. The summed E-state index contributed by atoms with van der Waals surface area (Å²) in [6.07, 6.45) is 7.47. The highest BCUT2D eigenvalue weighted by atomic mass is 16.4. The second kappa shape index (κ2) is 6.53. The van der Waals surface area contributed by atoms with Crippen molar-refractivity contribution in [1.82, 2.24) is 19.9 Å². The average Bonchev–Trinajstić information content (AvgIpc) is 3.53. The van der Waals surface area contributed by atoms with Gasteiger partial charge in [-0.3, -0.25) is 0 Å². The summed E-state index contributed by atoms with van der Waals surface area (Å²) >= 11 is 0. The Bertz CT molecular complexity index is 1620. The number of hydrogen-bond acceptors (Lipinski definition) is 3. The molecular weight excluding hydrogens is 388 g/mol. The molecule has 0 unspecified atom stereocenters. The van der Waals surface area contributed by atoms with Gasteiger partial charge in [0.05, 0.1) is 28.3 Å². The van der Waals surface area contributed by atoms with Gasteiger partial charge in [-0.1, -0.05) is 24.3 Å².